The number of halogens is 2. The Balaban J connectivity index is 2.09. The van der Waals surface area contributed by atoms with Crippen LogP contribution in [0, 0.1) is 11.8 Å². The van der Waals surface area contributed by atoms with Crippen molar-refractivity contribution in [1.82, 2.24) is 10.3 Å². The van der Waals surface area contributed by atoms with Gasteiger partial charge in [-0.25, -0.2) is 9.37 Å². The molecule has 0 fully saturated rings. The van der Waals surface area contributed by atoms with Gasteiger partial charge in [0.2, 0.25) is 5.95 Å². The maximum Gasteiger partial charge on any atom is 0.254 e. The second-order valence-corrected chi connectivity index (χ2v) is 4.35. The van der Waals surface area contributed by atoms with Crippen LogP contribution in [0.1, 0.15) is 21.5 Å². The predicted octanol–water partition coefficient (Wildman–Crippen LogP) is 2.44. The van der Waals surface area contributed by atoms with Crippen molar-refractivity contribution in [1.29, 1.82) is 0 Å². The van der Waals surface area contributed by atoms with E-state index >= 15 is 0 Å². The third-order valence-corrected chi connectivity index (χ3v) is 2.95. The van der Waals surface area contributed by atoms with Gasteiger partial charge in [0.15, 0.2) is 5.82 Å². The number of pyridine rings is 1. The minimum atomic E-state index is -1.29. The van der Waals surface area contributed by atoms with E-state index in [-0.39, 0.29) is 12.1 Å². The number of hydrogen-bond acceptors (Lipinski definition) is 3. The van der Waals surface area contributed by atoms with E-state index < -0.39 is 17.7 Å². The minimum Gasteiger partial charge on any atom is -0.380 e. The van der Waals surface area contributed by atoms with Crippen LogP contribution in [0.3, 0.4) is 0 Å². The summed E-state index contributed by atoms with van der Waals surface area (Å²) in [6, 6.07) is 8.52. The summed E-state index contributed by atoms with van der Waals surface area (Å²) >= 11 is 0. The van der Waals surface area contributed by atoms with Crippen LogP contribution in [-0.2, 0) is 17.9 Å². The van der Waals surface area contributed by atoms with Crippen molar-refractivity contribution >= 4 is 5.91 Å². The normalized spacial score (nSPS) is 10.4. The highest BCUT2D eigenvalue weighted by atomic mass is 19.2. The molecule has 1 amide bonds. The number of carbonyl (C=O) groups excluding carboxylic acids is 1. The quantitative estimate of drug-likeness (QED) is 0.861. The van der Waals surface area contributed by atoms with Crippen molar-refractivity contribution in [3.63, 3.8) is 0 Å². The van der Waals surface area contributed by atoms with Crippen LogP contribution >= 0.6 is 0 Å². The van der Waals surface area contributed by atoms with Gasteiger partial charge in [-0.1, -0.05) is 24.3 Å². The molecule has 110 valence electrons. The lowest BCUT2D eigenvalue weighted by Crippen LogP contribution is -2.25. The molecule has 0 radical (unpaired) electrons. The highest BCUT2D eigenvalue weighted by molar-refractivity contribution is 5.94. The smallest absolute Gasteiger partial charge is 0.254 e. The van der Waals surface area contributed by atoms with Gasteiger partial charge in [-0.3, -0.25) is 4.79 Å². The van der Waals surface area contributed by atoms with Crippen LogP contribution in [0.2, 0.25) is 0 Å². The van der Waals surface area contributed by atoms with Gasteiger partial charge in [-0.05, 0) is 17.2 Å². The monoisotopic (exact) mass is 292 g/mol. The highest BCUT2D eigenvalue weighted by Crippen LogP contribution is 2.12. The molecule has 0 aliphatic heterocycles. The molecule has 4 nitrogen and oxygen atoms in total. The summed E-state index contributed by atoms with van der Waals surface area (Å²) in [6.45, 7) is 0.603. The van der Waals surface area contributed by atoms with Crippen LogP contribution < -0.4 is 5.32 Å². The van der Waals surface area contributed by atoms with Crippen molar-refractivity contribution < 1.29 is 18.3 Å². The zero-order valence-electron chi connectivity index (χ0n) is 11.4. The fourth-order valence-electron chi connectivity index (χ4n) is 1.89. The molecule has 1 aromatic carbocycles. The molecule has 0 aliphatic rings. The first-order valence-corrected chi connectivity index (χ1v) is 6.27. The number of ether oxygens (including phenoxy) is 1. The second-order valence-electron chi connectivity index (χ2n) is 4.35. The molecule has 2 rings (SSSR count). The van der Waals surface area contributed by atoms with Crippen LogP contribution in [-0.4, -0.2) is 18.0 Å². The first-order valence-electron chi connectivity index (χ1n) is 6.27. The number of nitrogens with zero attached hydrogens (tertiary/aromatic N) is 1. The van der Waals surface area contributed by atoms with Gasteiger partial charge in [0, 0.05) is 19.9 Å². The van der Waals surface area contributed by atoms with E-state index in [1.807, 2.05) is 24.3 Å². The molecule has 0 aliphatic carbocycles. The first kappa shape index (κ1) is 15.1. The zero-order chi connectivity index (χ0) is 15.2. The SMILES string of the molecule is COCc1ccccc1CNC(=O)c1ccnc(F)c1F. The average molecular weight is 292 g/mol. The van der Waals surface area contributed by atoms with E-state index in [4.69, 9.17) is 4.74 Å². The van der Waals surface area contributed by atoms with Crippen molar-refractivity contribution in [3.8, 4) is 0 Å². The molecule has 0 saturated carbocycles. The maximum atomic E-state index is 13.5. The number of nitrogens with one attached hydrogen (secondary N) is 1. The second kappa shape index (κ2) is 6.90. The van der Waals surface area contributed by atoms with E-state index in [9.17, 15) is 13.6 Å². The van der Waals surface area contributed by atoms with E-state index in [1.165, 1.54) is 0 Å². The third-order valence-electron chi connectivity index (χ3n) is 2.95. The molecular formula is C15H14F2N2O2. The number of amides is 1. The van der Waals surface area contributed by atoms with Crippen LogP contribution in [0.15, 0.2) is 36.5 Å². The lowest BCUT2D eigenvalue weighted by molar-refractivity contribution is 0.0945. The lowest BCUT2D eigenvalue weighted by Gasteiger charge is -2.10. The lowest BCUT2D eigenvalue weighted by atomic mass is 10.1. The maximum absolute atomic E-state index is 13.5. The van der Waals surface area contributed by atoms with Crippen molar-refractivity contribution in [2.75, 3.05) is 7.11 Å². The summed E-state index contributed by atoms with van der Waals surface area (Å²) in [6.07, 6.45) is 1.05. The topological polar surface area (TPSA) is 51.2 Å². The van der Waals surface area contributed by atoms with E-state index in [1.54, 1.807) is 7.11 Å². The number of hydrogen-bond donors (Lipinski definition) is 1. The molecular weight excluding hydrogens is 278 g/mol. The Morgan fingerprint density at radius 3 is 2.67 bits per heavy atom. The van der Waals surface area contributed by atoms with Crippen molar-refractivity contribution in [2.45, 2.75) is 13.2 Å². The van der Waals surface area contributed by atoms with Crippen LogP contribution in [0.5, 0.6) is 0 Å². The molecule has 0 bridgehead atoms. The molecule has 6 heteroatoms. The molecule has 0 unspecified atom stereocenters. The average Bonchev–Trinajstić information content (AvgIpc) is 2.49. The van der Waals surface area contributed by atoms with Crippen LogP contribution in [0.25, 0.3) is 0 Å². The summed E-state index contributed by atoms with van der Waals surface area (Å²) in [5.74, 6) is -3.23. The standard InChI is InChI=1S/C15H14F2N2O2/c1-21-9-11-5-3-2-4-10(11)8-19-15(20)12-6-7-18-14(17)13(12)16/h2-7H,8-9H2,1H3,(H,19,20). The summed E-state index contributed by atoms with van der Waals surface area (Å²) in [4.78, 5) is 15.0. The fourth-order valence-corrected chi connectivity index (χ4v) is 1.89. The molecule has 1 heterocycles. The number of rotatable bonds is 5. The number of carbonyl (C=O) groups is 1. The Labute approximate surface area is 120 Å². The molecule has 0 atom stereocenters. The molecule has 1 N–H and O–H groups in total. The Bertz CT molecular complexity index is 647. The molecule has 0 spiro atoms. The van der Waals surface area contributed by atoms with Gasteiger partial charge >= 0.3 is 0 Å². The molecule has 1 aromatic heterocycles. The van der Waals surface area contributed by atoms with Gasteiger partial charge in [-0.2, -0.15) is 4.39 Å². The Kier molecular flexibility index (Phi) is 4.94. The zero-order valence-corrected chi connectivity index (χ0v) is 11.4. The number of aromatic nitrogens is 1. The van der Waals surface area contributed by atoms with Crippen LogP contribution in [0.4, 0.5) is 8.78 Å². The molecule has 2 aromatic rings. The Morgan fingerprint density at radius 1 is 1.24 bits per heavy atom. The van der Waals surface area contributed by atoms with Crippen molar-refractivity contribution in [3.05, 3.63) is 65.0 Å². The Morgan fingerprint density at radius 2 is 1.95 bits per heavy atom. The third kappa shape index (κ3) is 3.61. The van der Waals surface area contributed by atoms with E-state index in [2.05, 4.69) is 10.3 Å². The Hall–Kier alpha value is -2.34. The fraction of sp³-hybridized carbons (Fsp3) is 0.200. The summed E-state index contributed by atoms with van der Waals surface area (Å²) in [7, 11) is 1.57. The number of benzene rings is 1. The number of methoxy groups -OCH3 is 1. The van der Waals surface area contributed by atoms with E-state index in [0.717, 1.165) is 23.4 Å². The summed E-state index contributed by atoms with van der Waals surface area (Å²) < 4.78 is 31.5. The first-order chi connectivity index (χ1) is 10.1. The van der Waals surface area contributed by atoms with Gasteiger partial charge in [-0.15, -0.1) is 0 Å². The van der Waals surface area contributed by atoms with Gasteiger partial charge in [0.1, 0.15) is 0 Å². The molecule has 0 saturated heterocycles. The molecule has 21 heavy (non-hydrogen) atoms. The minimum absolute atomic E-state index is 0.196. The van der Waals surface area contributed by atoms with Crippen molar-refractivity contribution in [2.24, 2.45) is 0 Å². The predicted molar refractivity (Wildman–Crippen MR) is 72.5 cm³/mol. The van der Waals surface area contributed by atoms with Gasteiger partial charge in [0.05, 0.1) is 12.2 Å². The van der Waals surface area contributed by atoms with Gasteiger partial charge < -0.3 is 10.1 Å². The van der Waals surface area contributed by atoms with E-state index in [0.29, 0.717) is 6.61 Å². The van der Waals surface area contributed by atoms with Gasteiger partial charge in [0.25, 0.3) is 5.91 Å². The summed E-state index contributed by atoms with van der Waals surface area (Å²) in [5.41, 5.74) is 1.40. The highest BCUT2D eigenvalue weighted by Gasteiger charge is 2.16. The largest absolute Gasteiger partial charge is 0.380 e. The summed E-state index contributed by atoms with van der Waals surface area (Å²) in [5, 5.41) is 2.55.